The second kappa shape index (κ2) is 8.78. The number of carbonyl (C=O) groups excluding carboxylic acids is 3. The Hall–Kier alpha value is -4.49. The second-order valence-electron chi connectivity index (χ2n) is 10.1. The predicted octanol–water partition coefficient (Wildman–Crippen LogP) is -1.72. The van der Waals surface area contributed by atoms with Gasteiger partial charge in [0.15, 0.2) is 17.6 Å². The zero-order valence-electron chi connectivity index (χ0n) is 20.8. The Morgan fingerprint density at radius 2 is 1.72 bits per heavy atom. The molecular formula is C26H28N8O5. The van der Waals surface area contributed by atoms with E-state index in [0.717, 1.165) is 16.0 Å². The lowest BCUT2D eigenvalue weighted by Crippen LogP contribution is -2.78. The fourth-order valence-corrected chi connectivity index (χ4v) is 5.96. The Labute approximate surface area is 223 Å². The van der Waals surface area contributed by atoms with Crippen molar-refractivity contribution >= 4 is 29.6 Å². The van der Waals surface area contributed by atoms with E-state index in [9.17, 15) is 24.6 Å². The van der Waals surface area contributed by atoms with E-state index in [0.29, 0.717) is 5.56 Å². The molecule has 39 heavy (non-hydrogen) atoms. The number of aliphatic hydroxyl groups is 2. The fourth-order valence-electron chi connectivity index (χ4n) is 5.96. The number of benzene rings is 2. The standard InChI is InChI=1S/C26H28N8O5/c27-23-31-21-17(12-33-19(35)9-10-20(33)36)29-24(28)34-13-18(26(38,39)25(21,34)32-23)30-22(37)16-8-4-7-15(11-16)14-5-2-1-3-6-14/h1-8,11,17-18,21,38-39H,9-10,12-13H2,(H2,28,29)(H,30,37)(H3,27,31,32)/t17-,18-,21-,25-/m0/s1. The molecule has 0 unspecified atom stereocenters. The van der Waals surface area contributed by atoms with Gasteiger partial charge >= 0.3 is 0 Å². The van der Waals surface area contributed by atoms with E-state index in [1.54, 1.807) is 18.2 Å². The van der Waals surface area contributed by atoms with E-state index in [-0.39, 0.29) is 49.7 Å². The number of nitrogens with two attached hydrogens (primary N) is 2. The number of nitrogens with zero attached hydrogens (tertiary/aromatic N) is 4. The average molecular weight is 533 g/mol. The van der Waals surface area contributed by atoms with Crippen molar-refractivity contribution in [3.63, 3.8) is 0 Å². The van der Waals surface area contributed by atoms with Gasteiger partial charge in [-0.2, -0.15) is 0 Å². The number of hydrogen-bond donors (Lipinski definition) is 6. The molecule has 0 bridgehead atoms. The number of aliphatic imine (C=N–C) groups is 2. The number of carbonyl (C=O) groups is 3. The average Bonchev–Trinajstić information content (AvgIpc) is 3.52. The summed E-state index contributed by atoms with van der Waals surface area (Å²) < 4.78 is 0. The van der Waals surface area contributed by atoms with Crippen molar-refractivity contribution < 1.29 is 24.6 Å². The van der Waals surface area contributed by atoms with Crippen LogP contribution in [0.2, 0.25) is 0 Å². The monoisotopic (exact) mass is 532 g/mol. The summed E-state index contributed by atoms with van der Waals surface area (Å²) in [6.07, 6.45) is 0.194. The Morgan fingerprint density at radius 3 is 2.44 bits per heavy atom. The largest absolute Gasteiger partial charge is 0.370 e. The molecule has 8 N–H and O–H groups in total. The van der Waals surface area contributed by atoms with Crippen molar-refractivity contribution in [1.29, 1.82) is 0 Å². The molecular weight excluding hydrogens is 504 g/mol. The molecule has 6 rings (SSSR count). The first-order valence-corrected chi connectivity index (χ1v) is 12.6. The molecule has 2 fully saturated rings. The lowest BCUT2D eigenvalue weighted by molar-refractivity contribution is -0.230. The van der Waals surface area contributed by atoms with Crippen molar-refractivity contribution in [2.24, 2.45) is 21.5 Å². The summed E-state index contributed by atoms with van der Waals surface area (Å²) in [5.74, 6) is -4.00. The highest BCUT2D eigenvalue weighted by molar-refractivity contribution is 6.02. The van der Waals surface area contributed by atoms with Crippen molar-refractivity contribution in [1.82, 2.24) is 20.4 Å². The maximum absolute atomic E-state index is 13.3. The highest BCUT2D eigenvalue weighted by atomic mass is 16.5. The first-order valence-electron chi connectivity index (χ1n) is 12.6. The van der Waals surface area contributed by atoms with E-state index in [1.807, 2.05) is 36.4 Å². The third kappa shape index (κ3) is 3.72. The van der Waals surface area contributed by atoms with Gasteiger partial charge in [0.2, 0.25) is 17.6 Å². The number of likely N-dealkylation sites (tertiary alicyclic amines) is 1. The Kier molecular flexibility index (Phi) is 5.59. The summed E-state index contributed by atoms with van der Waals surface area (Å²) in [5, 5.41) is 28.8. The Balaban J connectivity index is 1.29. The first-order chi connectivity index (χ1) is 18.6. The normalized spacial score (nSPS) is 28.9. The third-order valence-corrected chi connectivity index (χ3v) is 7.86. The Morgan fingerprint density at radius 1 is 1.03 bits per heavy atom. The van der Waals surface area contributed by atoms with Crippen LogP contribution in [0.4, 0.5) is 0 Å². The quantitative estimate of drug-likeness (QED) is 0.191. The van der Waals surface area contributed by atoms with Crippen molar-refractivity contribution in [3.05, 3.63) is 60.2 Å². The van der Waals surface area contributed by atoms with Crippen LogP contribution < -0.4 is 22.1 Å². The van der Waals surface area contributed by atoms with Crippen LogP contribution in [0.25, 0.3) is 11.1 Å². The molecule has 0 radical (unpaired) electrons. The zero-order valence-corrected chi connectivity index (χ0v) is 20.8. The predicted molar refractivity (Wildman–Crippen MR) is 140 cm³/mol. The minimum atomic E-state index is -2.63. The molecule has 1 spiro atoms. The van der Waals surface area contributed by atoms with Crippen molar-refractivity contribution in [2.75, 3.05) is 13.1 Å². The number of imide groups is 1. The lowest BCUT2D eigenvalue weighted by atomic mass is 9.84. The molecule has 13 nitrogen and oxygen atoms in total. The molecule has 202 valence electrons. The van der Waals surface area contributed by atoms with Crippen LogP contribution in [-0.2, 0) is 9.59 Å². The molecule has 2 saturated heterocycles. The molecule has 13 heteroatoms. The number of nitrogens with one attached hydrogen (secondary N) is 2. The van der Waals surface area contributed by atoms with Crippen LogP contribution in [0.5, 0.6) is 0 Å². The minimum absolute atomic E-state index is 0.0666. The van der Waals surface area contributed by atoms with Crippen molar-refractivity contribution in [3.8, 4) is 11.1 Å². The van der Waals surface area contributed by atoms with Gasteiger partial charge < -0.3 is 37.2 Å². The van der Waals surface area contributed by atoms with Crippen LogP contribution >= 0.6 is 0 Å². The Bertz CT molecular complexity index is 1410. The summed E-state index contributed by atoms with van der Waals surface area (Å²) in [6.45, 7) is -0.260. The van der Waals surface area contributed by atoms with Crippen LogP contribution in [0.1, 0.15) is 23.2 Å². The van der Waals surface area contributed by atoms with Gasteiger partial charge in [-0.1, -0.05) is 42.5 Å². The van der Waals surface area contributed by atoms with Crippen LogP contribution in [0.3, 0.4) is 0 Å². The summed E-state index contributed by atoms with van der Waals surface area (Å²) in [6, 6.07) is 13.4. The molecule has 0 aromatic heterocycles. The van der Waals surface area contributed by atoms with Gasteiger partial charge in [0.25, 0.3) is 5.91 Å². The maximum Gasteiger partial charge on any atom is 0.251 e. The molecule has 4 atom stereocenters. The number of hydrogen-bond acceptors (Lipinski definition) is 11. The molecule has 0 saturated carbocycles. The smallest absolute Gasteiger partial charge is 0.251 e. The second-order valence-corrected chi connectivity index (χ2v) is 10.1. The summed E-state index contributed by atoms with van der Waals surface area (Å²) >= 11 is 0. The number of guanidine groups is 2. The molecule has 2 aromatic carbocycles. The molecule has 4 heterocycles. The third-order valence-electron chi connectivity index (χ3n) is 7.86. The van der Waals surface area contributed by atoms with Crippen LogP contribution in [0, 0.1) is 0 Å². The molecule has 0 aliphatic carbocycles. The molecule has 4 aliphatic rings. The van der Waals surface area contributed by atoms with Gasteiger partial charge in [-0.25, -0.2) is 9.98 Å². The first kappa shape index (κ1) is 24.8. The van der Waals surface area contributed by atoms with E-state index in [2.05, 4.69) is 20.6 Å². The van der Waals surface area contributed by atoms with Crippen LogP contribution in [-0.4, -0.2) is 92.3 Å². The highest BCUT2D eigenvalue weighted by Gasteiger charge is 2.73. The van der Waals surface area contributed by atoms with Gasteiger partial charge in [0, 0.05) is 24.9 Å². The molecule has 4 aliphatic heterocycles. The summed E-state index contributed by atoms with van der Waals surface area (Å²) in [7, 11) is 0. The van der Waals surface area contributed by atoms with Gasteiger partial charge in [0.05, 0.1) is 12.6 Å². The van der Waals surface area contributed by atoms with E-state index < -0.39 is 35.5 Å². The van der Waals surface area contributed by atoms with Gasteiger partial charge in [-0.3, -0.25) is 19.3 Å². The topological polar surface area (TPSA) is 199 Å². The summed E-state index contributed by atoms with van der Waals surface area (Å²) in [4.78, 5) is 49.1. The zero-order chi connectivity index (χ0) is 27.5. The number of rotatable bonds is 5. The van der Waals surface area contributed by atoms with E-state index in [1.165, 1.54) is 4.90 Å². The number of amides is 3. The van der Waals surface area contributed by atoms with E-state index in [4.69, 9.17) is 11.5 Å². The highest BCUT2D eigenvalue weighted by Crippen LogP contribution is 2.45. The summed E-state index contributed by atoms with van der Waals surface area (Å²) in [5.41, 5.74) is 12.6. The van der Waals surface area contributed by atoms with Gasteiger partial charge in [-0.15, -0.1) is 0 Å². The van der Waals surface area contributed by atoms with Crippen LogP contribution in [0.15, 0.2) is 64.6 Å². The van der Waals surface area contributed by atoms with Crippen molar-refractivity contribution in [2.45, 2.75) is 42.4 Å². The molecule has 2 aromatic rings. The SMILES string of the molecule is NC1=N[C@H]2[C@H](CN3C(=O)CCC3=O)N=C(N)N3C[C@H](NC(=O)c4cccc(-c5ccccc5)c4)C(O)(O)[C@]23N1. The fraction of sp³-hybridized carbons (Fsp3) is 0.346. The van der Waals surface area contributed by atoms with Gasteiger partial charge in [-0.05, 0) is 23.3 Å². The maximum atomic E-state index is 13.3. The lowest BCUT2D eigenvalue weighted by Gasteiger charge is -2.49. The molecule has 3 amide bonds. The van der Waals surface area contributed by atoms with Gasteiger partial charge in [0.1, 0.15) is 12.1 Å². The van der Waals surface area contributed by atoms with E-state index >= 15 is 0 Å². The minimum Gasteiger partial charge on any atom is -0.370 e.